The molecule has 0 aliphatic rings. The molecule has 0 aromatic rings. The van der Waals surface area contributed by atoms with E-state index in [0.717, 1.165) is 44.9 Å². The molecule has 0 saturated carbocycles. The SMILES string of the molecule is NCCCCCC(N)CC=CO. The molecule has 0 bridgehead atoms. The van der Waals surface area contributed by atoms with Crippen LogP contribution in [-0.4, -0.2) is 17.7 Å². The Balaban J connectivity index is 3.13. The van der Waals surface area contributed by atoms with E-state index < -0.39 is 0 Å². The van der Waals surface area contributed by atoms with Gasteiger partial charge in [0.2, 0.25) is 0 Å². The molecule has 1 atom stereocenters. The molecule has 0 saturated heterocycles. The number of aliphatic hydroxyl groups excluding tert-OH is 1. The van der Waals surface area contributed by atoms with E-state index in [1.165, 1.54) is 0 Å². The fraction of sp³-hybridized carbons (Fsp3) is 0.778. The largest absolute Gasteiger partial charge is 0.516 e. The zero-order valence-corrected chi connectivity index (χ0v) is 7.58. The first-order valence-electron chi connectivity index (χ1n) is 4.56. The van der Waals surface area contributed by atoms with Gasteiger partial charge in [-0.05, 0) is 31.9 Å². The van der Waals surface area contributed by atoms with Crippen LogP contribution in [0.15, 0.2) is 12.3 Å². The normalized spacial score (nSPS) is 13.8. The zero-order valence-electron chi connectivity index (χ0n) is 7.58. The van der Waals surface area contributed by atoms with Crippen molar-refractivity contribution in [2.45, 2.75) is 38.1 Å². The number of hydrogen-bond acceptors (Lipinski definition) is 3. The molecule has 0 spiro atoms. The average molecular weight is 172 g/mol. The quantitative estimate of drug-likeness (QED) is 0.400. The number of hydrogen-bond donors (Lipinski definition) is 3. The van der Waals surface area contributed by atoms with E-state index in [0.29, 0.717) is 0 Å². The molecule has 5 N–H and O–H groups in total. The van der Waals surface area contributed by atoms with Gasteiger partial charge in [0.15, 0.2) is 0 Å². The summed E-state index contributed by atoms with van der Waals surface area (Å²) in [5.74, 6) is 0. The van der Waals surface area contributed by atoms with Gasteiger partial charge in [0, 0.05) is 6.04 Å². The van der Waals surface area contributed by atoms with Crippen LogP contribution in [-0.2, 0) is 0 Å². The van der Waals surface area contributed by atoms with Crippen molar-refractivity contribution in [1.82, 2.24) is 0 Å². The van der Waals surface area contributed by atoms with Crippen molar-refractivity contribution in [3.05, 3.63) is 12.3 Å². The minimum atomic E-state index is 0.186. The Bertz CT molecular complexity index is 115. The molecular formula is C9H20N2O. The maximum Gasteiger partial charge on any atom is 0.0752 e. The van der Waals surface area contributed by atoms with Crippen molar-refractivity contribution in [2.24, 2.45) is 11.5 Å². The predicted molar refractivity (Wildman–Crippen MR) is 51.9 cm³/mol. The summed E-state index contributed by atoms with van der Waals surface area (Å²) in [6.07, 6.45) is 7.91. The van der Waals surface area contributed by atoms with Gasteiger partial charge in [-0.2, -0.15) is 0 Å². The summed E-state index contributed by atoms with van der Waals surface area (Å²) in [6.45, 7) is 0.770. The van der Waals surface area contributed by atoms with Gasteiger partial charge in [-0.1, -0.05) is 12.8 Å². The van der Waals surface area contributed by atoms with Crippen molar-refractivity contribution < 1.29 is 5.11 Å². The van der Waals surface area contributed by atoms with Crippen molar-refractivity contribution in [3.8, 4) is 0 Å². The fourth-order valence-electron chi connectivity index (χ4n) is 1.08. The molecule has 3 heteroatoms. The summed E-state index contributed by atoms with van der Waals surface area (Å²) < 4.78 is 0. The molecule has 0 heterocycles. The van der Waals surface area contributed by atoms with Gasteiger partial charge in [-0.3, -0.25) is 0 Å². The van der Waals surface area contributed by atoms with Crippen LogP contribution in [0, 0.1) is 0 Å². The molecule has 3 nitrogen and oxygen atoms in total. The van der Waals surface area contributed by atoms with E-state index in [1.54, 1.807) is 6.08 Å². The Morgan fingerprint density at radius 3 is 2.58 bits per heavy atom. The third-order valence-electron chi connectivity index (χ3n) is 1.82. The second kappa shape index (κ2) is 8.56. The average Bonchev–Trinajstić information content (AvgIpc) is 2.09. The second-order valence-corrected chi connectivity index (χ2v) is 3.02. The first-order valence-corrected chi connectivity index (χ1v) is 4.56. The molecule has 72 valence electrons. The molecule has 0 rings (SSSR count). The van der Waals surface area contributed by atoms with Gasteiger partial charge >= 0.3 is 0 Å². The molecule has 0 amide bonds. The minimum Gasteiger partial charge on any atom is -0.516 e. The molecule has 0 aliphatic heterocycles. The molecule has 0 aromatic carbocycles. The maximum absolute atomic E-state index is 8.37. The lowest BCUT2D eigenvalue weighted by Crippen LogP contribution is -2.18. The topological polar surface area (TPSA) is 72.3 Å². The highest BCUT2D eigenvalue weighted by Crippen LogP contribution is 2.04. The first-order chi connectivity index (χ1) is 5.81. The summed E-state index contributed by atoms with van der Waals surface area (Å²) in [6, 6.07) is 0.186. The molecule has 0 aromatic heterocycles. The number of nitrogens with two attached hydrogens (primary N) is 2. The smallest absolute Gasteiger partial charge is 0.0752 e. The molecule has 0 aliphatic carbocycles. The lowest BCUT2D eigenvalue weighted by atomic mass is 10.1. The summed E-state index contributed by atoms with van der Waals surface area (Å²) in [5.41, 5.74) is 11.1. The standard InChI is InChI=1S/C9H20N2O/c10-7-3-1-2-5-9(11)6-4-8-12/h4,8-9,12H,1-3,5-7,10-11H2. The molecule has 1 unspecified atom stereocenters. The lowest BCUT2D eigenvalue weighted by molar-refractivity contribution is 0.466. The Morgan fingerprint density at radius 2 is 2.00 bits per heavy atom. The highest BCUT2D eigenvalue weighted by atomic mass is 16.2. The first kappa shape index (κ1) is 11.5. The van der Waals surface area contributed by atoms with E-state index in [1.807, 2.05) is 0 Å². The zero-order chi connectivity index (χ0) is 9.23. The summed E-state index contributed by atoms with van der Waals surface area (Å²) in [4.78, 5) is 0. The molecule has 0 radical (unpaired) electrons. The summed E-state index contributed by atoms with van der Waals surface area (Å²) >= 11 is 0. The van der Waals surface area contributed by atoms with Crippen LogP contribution in [0.4, 0.5) is 0 Å². The van der Waals surface area contributed by atoms with Crippen LogP contribution in [0.2, 0.25) is 0 Å². The van der Waals surface area contributed by atoms with Crippen LogP contribution < -0.4 is 11.5 Å². The fourth-order valence-corrected chi connectivity index (χ4v) is 1.08. The Morgan fingerprint density at radius 1 is 1.25 bits per heavy atom. The third kappa shape index (κ3) is 7.57. The molecular weight excluding hydrogens is 152 g/mol. The third-order valence-corrected chi connectivity index (χ3v) is 1.82. The van der Waals surface area contributed by atoms with Crippen LogP contribution in [0.5, 0.6) is 0 Å². The van der Waals surface area contributed by atoms with Crippen LogP contribution in [0.1, 0.15) is 32.1 Å². The monoisotopic (exact) mass is 172 g/mol. The predicted octanol–water partition coefficient (Wildman–Crippen LogP) is 1.29. The Hall–Kier alpha value is -0.540. The highest BCUT2D eigenvalue weighted by Gasteiger charge is 1.98. The second-order valence-electron chi connectivity index (χ2n) is 3.02. The van der Waals surface area contributed by atoms with Crippen molar-refractivity contribution in [3.63, 3.8) is 0 Å². The van der Waals surface area contributed by atoms with Gasteiger partial charge in [0.1, 0.15) is 0 Å². The summed E-state index contributed by atoms with van der Waals surface area (Å²) in [7, 11) is 0. The number of aliphatic hydroxyl groups is 1. The van der Waals surface area contributed by atoms with Crippen LogP contribution in [0.3, 0.4) is 0 Å². The van der Waals surface area contributed by atoms with Crippen LogP contribution >= 0.6 is 0 Å². The highest BCUT2D eigenvalue weighted by molar-refractivity contribution is 4.78. The molecule has 12 heavy (non-hydrogen) atoms. The van der Waals surface area contributed by atoms with Crippen molar-refractivity contribution in [1.29, 1.82) is 0 Å². The van der Waals surface area contributed by atoms with Crippen LogP contribution in [0.25, 0.3) is 0 Å². The van der Waals surface area contributed by atoms with Gasteiger partial charge in [0.05, 0.1) is 6.26 Å². The Labute approximate surface area is 74.4 Å². The summed E-state index contributed by atoms with van der Waals surface area (Å²) in [5, 5.41) is 8.37. The van der Waals surface area contributed by atoms with Gasteiger partial charge < -0.3 is 16.6 Å². The van der Waals surface area contributed by atoms with Crippen molar-refractivity contribution in [2.75, 3.05) is 6.54 Å². The number of rotatable bonds is 7. The Kier molecular flexibility index (Phi) is 8.17. The van der Waals surface area contributed by atoms with Gasteiger partial charge in [-0.25, -0.2) is 0 Å². The lowest BCUT2D eigenvalue weighted by Gasteiger charge is -2.07. The van der Waals surface area contributed by atoms with E-state index in [-0.39, 0.29) is 6.04 Å². The molecule has 0 fully saturated rings. The van der Waals surface area contributed by atoms with E-state index >= 15 is 0 Å². The van der Waals surface area contributed by atoms with Gasteiger partial charge in [-0.15, -0.1) is 0 Å². The van der Waals surface area contributed by atoms with E-state index in [2.05, 4.69) is 0 Å². The van der Waals surface area contributed by atoms with E-state index in [4.69, 9.17) is 16.6 Å². The maximum atomic E-state index is 8.37. The van der Waals surface area contributed by atoms with E-state index in [9.17, 15) is 0 Å². The minimum absolute atomic E-state index is 0.186. The van der Waals surface area contributed by atoms with Gasteiger partial charge in [0.25, 0.3) is 0 Å². The number of unbranched alkanes of at least 4 members (excludes halogenated alkanes) is 2. The van der Waals surface area contributed by atoms with Crippen molar-refractivity contribution >= 4 is 0 Å².